The van der Waals surface area contributed by atoms with E-state index in [-0.39, 0.29) is 11.6 Å². The largest absolute Gasteiger partial charge is 0.416 e. The third-order valence-electron chi connectivity index (χ3n) is 5.98. The van der Waals surface area contributed by atoms with Crippen LogP contribution in [0.3, 0.4) is 0 Å². The average molecular weight is 502 g/mol. The Morgan fingerprint density at radius 3 is 1.97 bits per heavy atom. The second-order valence-corrected chi connectivity index (χ2v) is 8.69. The molecule has 0 saturated carbocycles. The molecule has 192 valence electrons. The summed E-state index contributed by atoms with van der Waals surface area (Å²) in [6.07, 6.45) is -5.24. The number of carbonyl (C=O) groups excluding carboxylic acids is 1. The van der Waals surface area contributed by atoms with E-state index < -0.39 is 42.0 Å². The SMILES string of the molecule is O=C(NCc1cc(C(F)(F)F)cc(C(F)(F)F)c1)[C@@H](NCCN1CCCCCC1)c1ccccc1. The molecule has 4 nitrogen and oxygen atoms in total. The summed E-state index contributed by atoms with van der Waals surface area (Å²) in [4.78, 5) is 15.3. The van der Waals surface area contributed by atoms with Crippen LogP contribution >= 0.6 is 0 Å². The normalized spacial score (nSPS) is 16.5. The molecule has 0 bridgehead atoms. The van der Waals surface area contributed by atoms with Gasteiger partial charge in [-0.3, -0.25) is 4.79 Å². The molecule has 1 atom stereocenters. The molecule has 0 unspecified atom stereocenters. The lowest BCUT2D eigenvalue weighted by Crippen LogP contribution is -2.41. The monoisotopic (exact) mass is 501 g/mol. The Morgan fingerprint density at radius 1 is 0.857 bits per heavy atom. The summed E-state index contributed by atoms with van der Waals surface area (Å²) in [7, 11) is 0. The minimum absolute atomic E-state index is 0.0719. The molecule has 1 aliphatic heterocycles. The number of benzene rings is 2. The molecule has 0 aromatic heterocycles. The lowest BCUT2D eigenvalue weighted by atomic mass is 10.0. The van der Waals surface area contributed by atoms with Gasteiger partial charge >= 0.3 is 12.4 Å². The number of nitrogens with zero attached hydrogens (tertiary/aromatic N) is 1. The number of halogens is 6. The van der Waals surface area contributed by atoms with E-state index in [0.717, 1.165) is 32.5 Å². The van der Waals surface area contributed by atoms with E-state index in [1.54, 1.807) is 30.3 Å². The number of likely N-dealkylation sites (tertiary alicyclic amines) is 1. The van der Waals surface area contributed by atoms with Crippen molar-refractivity contribution in [3.8, 4) is 0 Å². The molecule has 10 heteroatoms. The van der Waals surface area contributed by atoms with Crippen LogP contribution in [0.1, 0.15) is 54.0 Å². The molecule has 0 aliphatic carbocycles. The van der Waals surface area contributed by atoms with Gasteiger partial charge in [0.2, 0.25) is 5.91 Å². The Morgan fingerprint density at radius 2 is 1.43 bits per heavy atom. The molecule has 0 spiro atoms. The van der Waals surface area contributed by atoms with Crippen LogP contribution in [0.5, 0.6) is 0 Å². The smallest absolute Gasteiger partial charge is 0.350 e. The van der Waals surface area contributed by atoms with Crippen LogP contribution in [0, 0.1) is 0 Å². The highest BCUT2D eigenvalue weighted by Gasteiger charge is 2.37. The molecule has 2 N–H and O–H groups in total. The molecule has 2 aromatic rings. The summed E-state index contributed by atoms with van der Waals surface area (Å²) < 4.78 is 78.8. The van der Waals surface area contributed by atoms with Gasteiger partial charge in [-0.15, -0.1) is 0 Å². The van der Waals surface area contributed by atoms with E-state index in [9.17, 15) is 31.1 Å². The summed E-state index contributed by atoms with van der Waals surface area (Å²) in [5, 5.41) is 5.70. The molecule has 1 saturated heterocycles. The maximum atomic E-state index is 13.1. The second-order valence-electron chi connectivity index (χ2n) is 8.69. The fourth-order valence-corrected chi connectivity index (χ4v) is 4.15. The molecule has 1 heterocycles. The fraction of sp³-hybridized carbons (Fsp3) is 0.480. The first-order valence-electron chi connectivity index (χ1n) is 11.6. The van der Waals surface area contributed by atoms with Gasteiger partial charge in [0.15, 0.2) is 0 Å². The third-order valence-corrected chi connectivity index (χ3v) is 5.98. The first-order valence-corrected chi connectivity index (χ1v) is 11.6. The van der Waals surface area contributed by atoms with E-state index in [2.05, 4.69) is 15.5 Å². The molecule has 2 aromatic carbocycles. The predicted octanol–water partition coefficient (Wildman–Crippen LogP) is 5.55. The van der Waals surface area contributed by atoms with Crippen LogP contribution in [-0.2, 0) is 23.7 Å². The van der Waals surface area contributed by atoms with E-state index in [0.29, 0.717) is 24.2 Å². The van der Waals surface area contributed by atoms with E-state index in [1.165, 1.54) is 12.8 Å². The van der Waals surface area contributed by atoms with Crippen LogP contribution in [-0.4, -0.2) is 37.0 Å². The van der Waals surface area contributed by atoms with Crippen LogP contribution in [0.25, 0.3) is 0 Å². The van der Waals surface area contributed by atoms with Crippen molar-refractivity contribution in [3.05, 3.63) is 70.8 Å². The maximum Gasteiger partial charge on any atom is 0.416 e. The number of carbonyl (C=O) groups is 1. The summed E-state index contributed by atoms with van der Waals surface area (Å²) in [6.45, 7) is 2.75. The lowest BCUT2D eigenvalue weighted by molar-refractivity contribution is -0.143. The van der Waals surface area contributed by atoms with Gasteiger partial charge in [0.1, 0.15) is 6.04 Å². The Hall–Kier alpha value is -2.59. The number of nitrogens with one attached hydrogen (secondary N) is 2. The third kappa shape index (κ3) is 8.24. The van der Waals surface area contributed by atoms with Crippen LogP contribution in [0.2, 0.25) is 0 Å². The highest BCUT2D eigenvalue weighted by atomic mass is 19.4. The van der Waals surface area contributed by atoms with Crippen molar-refractivity contribution in [2.45, 2.75) is 50.6 Å². The van der Waals surface area contributed by atoms with E-state index in [4.69, 9.17) is 0 Å². The lowest BCUT2D eigenvalue weighted by Gasteiger charge is -2.23. The minimum Gasteiger partial charge on any atom is -0.350 e. The standard InChI is InChI=1S/C25H29F6N3O/c26-24(27,28)20-14-18(15-21(16-20)25(29,30)31)17-33-23(35)22(19-8-4-3-5-9-19)32-10-13-34-11-6-1-2-7-12-34/h3-5,8-9,14-16,22,32H,1-2,6-7,10-13,17H2,(H,33,35)/t22-/m0/s1. The Balaban J connectivity index is 1.70. The molecule has 0 radical (unpaired) electrons. The summed E-state index contributed by atoms with van der Waals surface area (Å²) in [5.74, 6) is -0.530. The van der Waals surface area contributed by atoms with Crippen molar-refractivity contribution >= 4 is 5.91 Å². The van der Waals surface area contributed by atoms with Crippen molar-refractivity contribution in [3.63, 3.8) is 0 Å². The quantitative estimate of drug-likeness (QED) is 0.467. The Kier molecular flexibility index (Phi) is 9.18. The topological polar surface area (TPSA) is 44.4 Å². The highest BCUT2D eigenvalue weighted by Crippen LogP contribution is 2.36. The number of hydrogen-bond donors (Lipinski definition) is 2. The molecular weight excluding hydrogens is 472 g/mol. The molecule has 3 rings (SSSR count). The van der Waals surface area contributed by atoms with Crippen molar-refractivity contribution in [1.29, 1.82) is 0 Å². The second kappa shape index (κ2) is 11.9. The van der Waals surface area contributed by atoms with Crippen molar-refractivity contribution in [1.82, 2.24) is 15.5 Å². The summed E-state index contributed by atoms with van der Waals surface area (Å²) in [5.41, 5.74) is -2.45. The average Bonchev–Trinajstić information content (AvgIpc) is 3.08. The number of amides is 1. The van der Waals surface area contributed by atoms with Gasteiger partial charge < -0.3 is 15.5 Å². The first kappa shape index (κ1) is 27.0. The van der Waals surface area contributed by atoms with Crippen LogP contribution in [0.15, 0.2) is 48.5 Å². The van der Waals surface area contributed by atoms with Gasteiger partial charge in [-0.25, -0.2) is 0 Å². The number of rotatable bonds is 8. The zero-order chi connectivity index (χ0) is 25.5. The predicted molar refractivity (Wildman–Crippen MR) is 120 cm³/mol. The van der Waals surface area contributed by atoms with Gasteiger partial charge in [0, 0.05) is 19.6 Å². The van der Waals surface area contributed by atoms with Gasteiger partial charge in [0.05, 0.1) is 11.1 Å². The maximum absolute atomic E-state index is 13.1. The van der Waals surface area contributed by atoms with Crippen molar-refractivity contribution < 1.29 is 31.1 Å². The Labute approximate surface area is 200 Å². The molecule has 1 aliphatic rings. The van der Waals surface area contributed by atoms with Gasteiger partial charge in [-0.2, -0.15) is 26.3 Å². The van der Waals surface area contributed by atoms with Crippen molar-refractivity contribution in [2.24, 2.45) is 0 Å². The summed E-state index contributed by atoms with van der Waals surface area (Å²) >= 11 is 0. The fourth-order valence-electron chi connectivity index (χ4n) is 4.15. The van der Waals surface area contributed by atoms with Crippen molar-refractivity contribution in [2.75, 3.05) is 26.2 Å². The van der Waals surface area contributed by atoms with Crippen LogP contribution < -0.4 is 10.6 Å². The van der Waals surface area contributed by atoms with Gasteiger partial charge in [-0.1, -0.05) is 43.2 Å². The number of hydrogen-bond acceptors (Lipinski definition) is 3. The van der Waals surface area contributed by atoms with Crippen LogP contribution in [0.4, 0.5) is 26.3 Å². The number of alkyl halides is 6. The minimum atomic E-state index is -4.94. The molecule has 35 heavy (non-hydrogen) atoms. The molecule has 1 fully saturated rings. The van der Waals surface area contributed by atoms with E-state index >= 15 is 0 Å². The van der Waals surface area contributed by atoms with Gasteiger partial charge in [0.25, 0.3) is 0 Å². The zero-order valence-corrected chi connectivity index (χ0v) is 19.2. The van der Waals surface area contributed by atoms with E-state index in [1.807, 2.05) is 0 Å². The molecule has 1 amide bonds. The summed E-state index contributed by atoms with van der Waals surface area (Å²) in [6, 6.07) is 9.32. The highest BCUT2D eigenvalue weighted by molar-refractivity contribution is 5.83. The first-order chi connectivity index (χ1) is 16.5. The molecular formula is C25H29F6N3O. The zero-order valence-electron chi connectivity index (χ0n) is 19.2. The van der Waals surface area contributed by atoms with Gasteiger partial charge in [-0.05, 0) is 55.3 Å². The Bertz CT molecular complexity index is 922.